The van der Waals surface area contributed by atoms with E-state index in [1.165, 1.54) is 6.54 Å². The third-order valence-electron chi connectivity index (χ3n) is 3.24. The monoisotopic (exact) mass is 223 g/mol. The van der Waals surface area contributed by atoms with Crippen LogP contribution in [0.4, 0.5) is 0 Å². The number of hydrogen-bond donors (Lipinski definition) is 1. The Bertz CT molecular complexity index is 299. The summed E-state index contributed by atoms with van der Waals surface area (Å²) in [7, 11) is 4.39. The average Bonchev–Trinajstić information content (AvgIpc) is 2.76. The predicted octanol–water partition coefficient (Wildman–Crippen LogP) is 0.615. The van der Waals surface area contributed by atoms with Crippen LogP contribution in [0, 0.1) is 0 Å². The number of nitrogens with one attached hydrogen (secondary N) is 1. The Kier molecular flexibility index (Phi) is 3.98. The van der Waals surface area contributed by atoms with Crippen molar-refractivity contribution >= 4 is 0 Å². The molecule has 0 saturated carbocycles. The summed E-state index contributed by atoms with van der Waals surface area (Å²) >= 11 is 0. The number of furan rings is 1. The summed E-state index contributed by atoms with van der Waals surface area (Å²) in [5.41, 5.74) is 0. The highest BCUT2D eigenvalue weighted by Gasteiger charge is 2.21. The summed E-state index contributed by atoms with van der Waals surface area (Å²) in [5, 5.41) is 3.45. The molecule has 1 aromatic heterocycles. The fraction of sp³-hybridized carbons (Fsp3) is 0.667. The quantitative estimate of drug-likeness (QED) is 0.810. The molecular formula is C12H21N3O. The lowest BCUT2D eigenvalue weighted by atomic mass is 10.2. The highest BCUT2D eigenvalue weighted by Crippen LogP contribution is 2.05. The van der Waals surface area contributed by atoms with Crippen LogP contribution in [0.5, 0.6) is 0 Å². The fourth-order valence-corrected chi connectivity index (χ4v) is 2.10. The van der Waals surface area contributed by atoms with Crippen LogP contribution in [-0.2, 0) is 6.54 Å². The van der Waals surface area contributed by atoms with Gasteiger partial charge in [-0.05, 0) is 26.2 Å². The van der Waals surface area contributed by atoms with Crippen LogP contribution in [0.25, 0.3) is 0 Å². The normalized spacial score (nSPS) is 23.8. The highest BCUT2D eigenvalue weighted by atomic mass is 16.3. The van der Waals surface area contributed by atoms with Gasteiger partial charge in [-0.1, -0.05) is 0 Å². The number of hydrogen-bond acceptors (Lipinski definition) is 4. The second-order valence-corrected chi connectivity index (χ2v) is 4.61. The fourth-order valence-electron chi connectivity index (χ4n) is 2.10. The molecule has 1 aromatic rings. The zero-order valence-electron chi connectivity index (χ0n) is 10.1. The van der Waals surface area contributed by atoms with Crippen molar-refractivity contribution in [2.24, 2.45) is 0 Å². The lowest BCUT2D eigenvalue weighted by Crippen LogP contribution is -2.53. The number of likely N-dealkylation sites (N-methyl/N-ethyl adjacent to an activating group) is 2. The Balaban J connectivity index is 1.72. The summed E-state index contributed by atoms with van der Waals surface area (Å²) in [5.74, 6) is 1.01. The van der Waals surface area contributed by atoms with Gasteiger partial charge in [-0.25, -0.2) is 0 Å². The molecule has 4 heteroatoms. The predicted molar refractivity (Wildman–Crippen MR) is 64.3 cm³/mol. The molecule has 1 fully saturated rings. The minimum atomic E-state index is 0.605. The summed E-state index contributed by atoms with van der Waals surface area (Å²) < 4.78 is 5.28. The summed E-state index contributed by atoms with van der Waals surface area (Å²) in [4.78, 5) is 4.81. The molecule has 2 rings (SSSR count). The van der Waals surface area contributed by atoms with Gasteiger partial charge < -0.3 is 14.6 Å². The smallest absolute Gasteiger partial charge is 0.117 e. The molecule has 1 saturated heterocycles. The SMILES string of the molecule is CN1CCN(C)C(CNCc2ccco2)C1. The van der Waals surface area contributed by atoms with Gasteiger partial charge in [-0.2, -0.15) is 0 Å². The van der Waals surface area contributed by atoms with Gasteiger partial charge in [-0.15, -0.1) is 0 Å². The van der Waals surface area contributed by atoms with Crippen LogP contribution in [0.3, 0.4) is 0 Å². The first-order chi connectivity index (χ1) is 7.75. The van der Waals surface area contributed by atoms with E-state index in [1.54, 1.807) is 6.26 Å². The molecule has 0 amide bonds. The molecule has 4 nitrogen and oxygen atoms in total. The van der Waals surface area contributed by atoms with Gasteiger partial charge in [0, 0.05) is 32.2 Å². The average molecular weight is 223 g/mol. The van der Waals surface area contributed by atoms with E-state index < -0.39 is 0 Å². The molecule has 1 atom stereocenters. The van der Waals surface area contributed by atoms with E-state index in [9.17, 15) is 0 Å². The Hall–Kier alpha value is -0.840. The topological polar surface area (TPSA) is 31.6 Å². The molecule has 0 aromatic carbocycles. The largest absolute Gasteiger partial charge is 0.468 e. The van der Waals surface area contributed by atoms with Crippen LogP contribution in [0.15, 0.2) is 22.8 Å². The van der Waals surface area contributed by atoms with E-state index in [-0.39, 0.29) is 0 Å². The molecule has 16 heavy (non-hydrogen) atoms. The molecule has 0 bridgehead atoms. The molecule has 0 radical (unpaired) electrons. The highest BCUT2D eigenvalue weighted by molar-refractivity contribution is 4.97. The number of piperazine rings is 1. The van der Waals surface area contributed by atoms with E-state index in [2.05, 4.69) is 29.2 Å². The number of nitrogens with zero attached hydrogens (tertiary/aromatic N) is 2. The van der Waals surface area contributed by atoms with E-state index in [4.69, 9.17) is 4.42 Å². The van der Waals surface area contributed by atoms with E-state index >= 15 is 0 Å². The van der Waals surface area contributed by atoms with E-state index in [0.717, 1.165) is 31.9 Å². The van der Waals surface area contributed by atoms with Gasteiger partial charge in [0.2, 0.25) is 0 Å². The van der Waals surface area contributed by atoms with Gasteiger partial charge in [0.25, 0.3) is 0 Å². The van der Waals surface area contributed by atoms with Crippen LogP contribution >= 0.6 is 0 Å². The summed E-state index contributed by atoms with van der Waals surface area (Å²) in [6.45, 7) is 5.30. The van der Waals surface area contributed by atoms with Crippen LogP contribution in [-0.4, -0.2) is 56.1 Å². The van der Waals surface area contributed by atoms with Crippen molar-refractivity contribution in [2.45, 2.75) is 12.6 Å². The molecule has 1 unspecified atom stereocenters. The zero-order valence-corrected chi connectivity index (χ0v) is 10.1. The van der Waals surface area contributed by atoms with Crippen LogP contribution in [0.2, 0.25) is 0 Å². The van der Waals surface area contributed by atoms with Gasteiger partial charge >= 0.3 is 0 Å². The minimum Gasteiger partial charge on any atom is -0.468 e. The van der Waals surface area contributed by atoms with Crippen molar-refractivity contribution in [2.75, 3.05) is 40.3 Å². The van der Waals surface area contributed by atoms with E-state index in [0.29, 0.717) is 6.04 Å². The van der Waals surface area contributed by atoms with Crippen LogP contribution in [0.1, 0.15) is 5.76 Å². The molecule has 0 spiro atoms. The Morgan fingerprint density at radius 1 is 1.44 bits per heavy atom. The molecule has 0 aliphatic carbocycles. The zero-order chi connectivity index (χ0) is 11.4. The van der Waals surface area contributed by atoms with Crippen molar-refractivity contribution in [1.29, 1.82) is 0 Å². The summed E-state index contributed by atoms with van der Waals surface area (Å²) in [6.07, 6.45) is 1.72. The third-order valence-corrected chi connectivity index (χ3v) is 3.24. The molecular weight excluding hydrogens is 202 g/mol. The maximum absolute atomic E-state index is 5.28. The lowest BCUT2D eigenvalue weighted by Gasteiger charge is -2.37. The third kappa shape index (κ3) is 3.07. The molecule has 1 aliphatic rings. The van der Waals surface area contributed by atoms with Crippen molar-refractivity contribution in [3.05, 3.63) is 24.2 Å². The molecule has 1 N–H and O–H groups in total. The van der Waals surface area contributed by atoms with Crippen molar-refractivity contribution in [3.63, 3.8) is 0 Å². The standard InChI is InChI=1S/C12H21N3O/c1-14-5-6-15(2)11(10-14)8-13-9-12-4-3-7-16-12/h3-4,7,11,13H,5-6,8-10H2,1-2H3. The van der Waals surface area contributed by atoms with Crippen LogP contribution < -0.4 is 5.32 Å². The first kappa shape index (κ1) is 11.6. The Labute approximate surface area is 97.2 Å². The van der Waals surface area contributed by atoms with Gasteiger partial charge in [0.15, 0.2) is 0 Å². The maximum Gasteiger partial charge on any atom is 0.117 e. The van der Waals surface area contributed by atoms with Gasteiger partial charge in [0.05, 0.1) is 12.8 Å². The lowest BCUT2D eigenvalue weighted by molar-refractivity contribution is 0.113. The summed E-state index contributed by atoms with van der Waals surface area (Å²) in [6, 6.07) is 4.54. The second kappa shape index (κ2) is 5.48. The Morgan fingerprint density at radius 3 is 3.06 bits per heavy atom. The van der Waals surface area contributed by atoms with Gasteiger partial charge in [-0.3, -0.25) is 4.90 Å². The van der Waals surface area contributed by atoms with E-state index in [1.807, 2.05) is 12.1 Å². The number of rotatable bonds is 4. The second-order valence-electron chi connectivity index (χ2n) is 4.61. The minimum absolute atomic E-state index is 0.605. The maximum atomic E-state index is 5.28. The molecule has 90 valence electrons. The van der Waals surface area contributed by atoms with Gasteiger partial charge in [0.1, 0.15) is 5.76 Å². The molecule has 1 aliphatic heterocycles. The Morgan fingerprint density at radius 2 is 2.31 bits per heavy atom. The molecule has 2 heterocycles. The first-order valence-electron chi connectivity index (χ1n) is 5.87. The first-order valence-corrected chi connectivity index (χ1v) is 5.87. The van der Waals surface area contributed by atoms with Crippen molar-refractivity contribution in [3.8, 4) is 0 Å². The van der Waals surface area contributed by atoms with Crippen molar-refractivity contribution in [1.82, 2.24) is 15.1 Å². The van der Waals surface area contributed by atoms with Crippen molar-refractivity contribution < 1.29 is 4.42 Å².